The summed E-state index contributed by atoms with van der Waals surface area (Å²) in [4.78, 5) is 52.9. The fourth-order valence-electron chi connectivity index (χ4n) is 1.40. The van der Waals surface area contributed by atoms with E-state index in [1.54, 1.807) is 20.8 Å². The smallest absolute Gasteiger partial charge is 0.303 e. The summed E-state index contributed by atoms with van der Waals surface area (Å²) in [5.74, 6) is -0.691. The van der Waals surface area contributed by atoms with Gasteiger partial charge in [-0.2, -0.15) is 0 Å². The van der Waals surface area contributed by atoms with Crippen LogP contribution in [0.3, 0.4) is 0 Å². The molecule has 0 unspecified atom stereocenters. The van der Waals surface area contributed by atoms with Crippen LogP contribution in [0.25, 0.3) is 0 Å². The van der Waals surface area contributed by atoms with Crippen molar-refractivity contribution in [2.75, 3.05) is 6.54 Å². The van der Waals surface area contributed by atoms with Crippen molar-refractivity contribution in [2.45, 2.75) is 66.2 Å². The molecule has 0 spiro atoms. The third-order valence-electron chi connectivity index (χ3n) is 2.98. The standard InChI is InChI=1S/C6H9NO2.C6H10O3.C4H8O/c1-2-7-5(8)3-4-6(7)9;1-2-5(7)3-4-6(8)9;1-3-4(2)5/h2-4H2,1H3;2-4H2,1H3,(H,8,9);3H2,1-2H3. The number of amides is 2. The predicted octanol–water partition coefficient (Wildman–Crippen LogP) is 1.97. The number of aliphatic carboxylic acids is 1. The maximum atomic E-state index is 10.7. The molecule has 1 fully saturated rings. The Morgan fingerprint density at radius 3 is 1.61 bits per heavy atom. The third-order valence-corrected chi connectivity index (χ3v) is 2.98. The first-order chi connectivity index (χ1) is 10.7. The highest BCUT2D eigenvalue weighted by Crippen LogP contribution is 2.09. The molecule has 23 heavy (non-hydrogen) atoms. The van der Waals surface area contributed by atoms with Gasteiger partial charge in [0.2, 0.25) is 11.8 Å². The molecule has 0 aromatic heterocycles. The molecule has 1 N–H and O–H groups in total. The number of carbonyl (C=O) groups excluding carboxylic acids is 4. The first kappa shape index (κ1) is 23.2. The summed E-state index contributed by atoms with van der Waals surface area (Å²) in [6, 6.07) is 0. The fraction of sp³-hybridized carbons (Fsp3) is 0.688. The lowest BCUT2D eigenvalue weighted by atomic mass is 10.2. The fourth-order valence-corrected chi connectivity index (χ4v) is 1.40. The molecule has 1 heterocycles. The van der Waals surface area contributed by atoms with Crippen LogP contribution in [0.4, 0.5) is 0 Å². The number of ketones is 2. The van der Waals surface area contributed by atoms with Gasteiger partial charge < -0.3 is 9.90 Å². The van der Waals surface area contributed by atoms with Crippen LogP contribution < -0.4 is 0 Å². The van der Waals surface area contributed by atoms with E-state index >= 15 is 0 Å². The largest absolute Gasteiger partial charge is 0.481 e. The van der Waals surface area contributed by atoms with Gasteiger partial charge in [-0.3, -0.25) is 24.1 Å². The molecule has 0 aromatic rings. The molecule has 132 valence electrons. The molecule has 0 aliphatic carbocycles. The van der Waals surface area contributed by atoms with Gasteiger partial charge in [-0.1, -0.05) is 13.8 Å². The summed E-state index contributed by atoms with van der Waals surface area (Å²) in [5, 5.41) is 8.11. The van der Waals surface area contributed by atoms with E-state index in [9.17, 15) is 24.0 Å². The van der Waals surface area contributed by atoms with Crippen LogP contribution in [0.2, 0.25) is 0 Å². The van der Waals surface area contributed by atoms with Crippen molar-refractivity contribution >= 4 is 29.4 Å². The minimum Gasteiger partial charge on any atom is -0.481 e. The van der Waals surface area contributed by atoms with Crippen LogP contribution >= 0.6 is 0 Å². The number of carboxylic acid groups (broad SMARTS) is 1. The second kappa shape index (κ2) is 13.6. The minimum absolute atomic E-state index is 0.0115. The minimum atomic E-state index is -0.906. The van der Waals surface area contributed by atoms with Crippen molar-refractivity contribution < 1.29 is 29.1 Å². The van der Waals surface area contributed by atoms with Gasteiger partial charge in [-0.25, -0.2) is 0 Å². The predicted molar refractivity (Wildman–Crippen MR) is 84.8 cm³/mol. The van der Waals surface area contributed by atoms with Gasteiger partial charge in [0.15, 0.2) is 0 Å². The molecule has 1 aliphatic heterocycles. The number of hydrogen-bond acceptors (Lipinski definition) is 5. The van der Waals surface area contributed by atoms with Crippen LogP contribution in [-0.4, -0.2) is 45.9 Å². The van der Waals surface area contributed by atoms with Crippen LogP contribution in [0.1, 0.15) is 66.2 Å². The maximum Gasteiger partial charge on any atom is 0.303 e. The van der Waals surface area contributed by atoms with Crippen LogP contribution in [0.15, 0.2) is 0 Å². The van der Waals surface area contributed by atoms with Crippen molar-refractivity contribution in [1.29, 1.82) is 0 Å². The molecule has 1 aliphatic rings. The van der Waals surface area contributed by atoms with Crippen molar-refractivity contribution in [3.63, 3.8) is 0 Å². The van der Waals surface area contributed by atoms with Crippen molar-refractivity contribution in [2.24, 2.45) is 0 Å². The lowest BCUT2D eigenvalue weighted by Crippen LogP contribution is -2.28. The Balaban J connectivity index is 0. The van der Waals surface area contributed by atoms with E-state index in [4.69, 9.17) is 5.11 Å². The van der Waals surface area contributed by atoms with E-state index in [1.165, 1.54) is 4.90 Å². The number of nitrogens with zero attached hydrogens (tertiary/aromatic N) is 1. The number of rotatable bonds is 6. The molecular formula is C16H27NO6. The molecule has 1 rings (SSSR count). The van der Waals surface area contributed by atoms with E-state index in [0.717, 1.165) is 0 Å². The zero-order valence-corrected chi connectivity index (χ0v) is 14.4. The lowest BCUT2D eigenvalue weighted by molar-refractivity contribution is -0.139. The molecule has 0 aromatic carbocycles. The molecular weight excluding hydrogens is 302 g/mol. The van der Waals surface area contributed by atoms with E-state index in [2.05, 4.69) is 0 Å². The van der Waals surface area contributed by atoms with Gasteiger partial charge in [0.1, 0.15) is 11.6 Å². The molecule has 1 saturated heterocycles. The molecule has 2 amide bonds. The number of Topliss-reactive ketones (excluding diaryl/α,β-unsaturated/α-hetero) is 2. The van der Waals surface area contributed by atoms with Gasteiger partial charge >= 0.3 is 5.97 Å². The Kier molecular flexibility index (Phi) is 13.7. The van der Waals surface area contributed by atoms with E-state index in [-0.39, 0.29) is 36.2 Å². The summed E-state index contributed by atoms with van der Waals surface area (Å²) in [6.07, 6.45) is 2.06. The summed E-state index contributed by atoms with van der Waals surface area (Å²) in [6.45, 7) is 7.49. The first-order valence-corrected chi connectivity index (χ1v) is 7.75. The molecule has 0 radical (unpaired) electrons. The zero-order chi connectivity index (χ0) is 18.4. The number of hydrogen-bond donors (Lipinski definition) is 1. The van der Waals surface area contributed by atoms with Gasteiger partial charge in [0.25, 0.3) is 0 Å². The molecule has 0 atom stereocenters. The van der Waals surface area contributed by atoms with E-state index in [0.29, 0.717) is 32.2 Å². The SMILES string of the molecule is CCC(=O)CCC(=O)O.CCC(C)=O.CCN1C(=O)CCC1=O. The third kappa shape index (κ3) is 13.3. The molecule has 0 saturated carbocycles. The quantitative estimate of drug-likeness (QED) is 0.746. The second-order valence-electron chi connectivity index (χ2n) is 4.87. The monoisotopic (exact) mass is 329 g/mol. The van der Waals surface area contributed by atoms with Crippen LogP contribution in [0, 0.1) is 0 Å². The lowest BCUT2D eigenvalue weighted by Gasteiger charge is -2.08. The van der Waals surface area contributed by atoms with Gasteiger partial charge in [-0.05, 0) is 13.8 Å². The normalized spacial score (nSPS) is 12.8. The van der Waals surface area contributed by atoms with Gasteiger partial charge in [-0.15, -0.1) is 0 Å². The number of imide groups is 1. The highest BCUT2D eigenvalue weighted by Gasteiger charge is 2.26. The summed E-state index contributed by atoms with van der Waals surface area (Å²) < 4.78 is 0. The summed E-state index contributed by atoms with van der Waals surface area (Å²) in [5.41, 5.74) is 0. The van der Waals surface area contributed by atoms with Gasteiger partial charge in [0.05, 0.1) is 6.42 Å². The average Bonchev–Trinajstić information content (AvgIpc) is 2.84. The van der Waals surface area contributed by atoms with Gasteiger partial charge in [0, 0.05) is 38.6 Å². The van der Waals surface area contributed by atoms with E-state index < -0.39 is 5.97 Å². The topological polar surface area (TPSA) is 109 Å². The summed E-state index contributed by atoms with van der Waals surface area (Å²) in [7, 11) is 0. The number of likely N-dealkylation sites (tertiary alicyclic amines) is 1. The van der Waals surface area contributed by atoms with Crippen LogP contribution in [0.5, 0.6) is 0 Å². The maximum absolute atomic E-state index is 10.7. The zero-order valence-electron chi connectivity index (χ0n) is 14.4. The second-order valence-corrected chi connectivity index (χ2v) is 4.87. The average molecular weight is 329 g/mol. The van der Waals surface area contributed by atoms with Crippen molar-refractivity contribution in [3.05, 3.63) is 0 Å². The molecule has 0 bridgehead atoms. The van der Waals surface area contributed by atoms with Crippen molar-refractivity contribution in [3.8, 4) is 0 Å². The van der Waals surface area contributed by atoms with Crippen LogP contribution in [-0.2, 0) is 24.0 Å². The van der Waals surface area contributed by atoms with E-state index in [1.807, 2.05) is 6.92 Å². The Morgan fingerprint density at radius 1 is 0.957 bits per heavy atom. The Morgan fingerprint density at radius 2 is 1.39 bits per heavy atom. The highest BCUT2D eigenvalue weighted by molar-refractivity contribution is 6.01. The van der Waals surface area contributed by atoms with Crippen molar-refractivity contribution in [1.82, 2.24) is 4.90 Å². The highest BCUT2D eigenvalue weighted by atomic mass is 16.4. The Bertz CT molecular complexity index is 414. The number of carboxylic acids is 1. The molecule has 7 nitrogen and oxygen atoms in total. The Labute approximate surface area is 137 Å². The molecule has 7 heteroatoms. The Hall–Kier alpha value is -2.05. The number of carbonyl (C=O) groups is 5. The summed E-state index contributed by atoms with van der Waals surface area (Å²) >= 11 is 0. The first-order valence-electron chi connectivity index (χ1n) is 7.75.